The predicted octanol–water partition coefficient (Wildman–Crippen LogP) is 6.01. The summed E-state index contributed by atoms with van der Waals surface area (Å²) in [7, 11) is 0. The molecule has 0 saturated heterocycles. The molecule has 2 aromatic carbocycles. The molecule has 4 nitrogen and oxygen atoms in total. The van der Waals surface area contributed by atoms with Crippen LogP contribution in [0.3, 0.4) is 0 Å². The summed E-state index contributed by atoms with van der Waals surface area (Å²) in [4.78, 5) is 0. The summed E-state index contributed by atoms with van der Waals surface area (Å²) in [6.45, 7) is 8.80. The number of hydrogen-bond donors (Lipinski definition) is 1. The van der Waals surface area contributed by atoms with Crippen LogP contribution in [0.25, 0.3) is 0 Å². The highest BCUT2D eigenvalue weighted by molar-refractivity contribution is 6.31. The lowest BCUT2D eigenvalue weighted by molar-refractivity contribution is 0.0770. The van der Waals surface area contributed by atoms with Crippen LogP contribution >= 0.6 is 23.2 Å². The zero-order valence-corrected chi connectivity index (χ0v) is 18.6. The van der Waals surface area contributed by atoms with Gasteiger partial charge in [-0.25, -0.2) is 4.39 Å². The molecule has 0 heterocycles. The Balaban J connectivity index is 1.99. The van der Waals surface area contributed by atoms with E-state index in [2.05, 4.69) is 5.32 Å². The fraction of sp³-hybridized carbons (Fsp3) is 0.455. The summed E-state index contributed by atoms with van der Waals surface area (Å²) in [5.41, 5.74) is 1.60. The molecule has 0 radical (unpaired) electrons. The monoisotopic (exact) mass is 443 g/mol. The highest BCUT2D eigenvalue weighted by Crippen LogP contribution is 2.34. The second-order valence-electron chi connectivity index (χ2n) is 6.80. The summed E-state index contributed by atoms with van der Waals surface area (Å²) in [6, 6.07) is 7.83. The molecule has 0 amide bonds. The topological polar surface area (TPSA) is 39.7 Å². The second kappa shape index (κ2) is 12.2. The van der Waals surface area contributed by atoms with E-state index in [-0.39, 0.29) is 18.5 Å². The van der Waals surface area contributed by atoms with E-state index in [9.17, 15) is 4.39 Å². The van der Waals surface area contributed by atoms with Gasteiger partial charge in [0.2, 0.25) is 0 Å². The average molecular weight is 444 g/mol. The van der Waals surface area contributed by atoms with Gasteiger partial charge in [-0.05, 0) is 57.5 Å². The molecule has 0 atom stereocenters. The molecule has 0 aliphatic rings. The van der Waals surface area contributed by atoms with Crippen molar-refractivity contribution in [1.29, 1.82) is 0 Å². The minimum Gasteiger partial charge on any atom is -0.490 e. The van der Waals surface area contributed by atoms with Crippen LogP contribution < -0.4 is 14.8 Å². The molecule has 29 heavy (non-hydrogen) atoms. The first kappa shape index (κ1) is 23.7. The summed E-state index contributed by atoms with van der Waals surface area (Å²) >= 11 is 12.5. The third kappa shape index (κ3) is 8.01. The number of benzene rings is 2. The van der Waals surface area contributed by atoms with Gasteiger partial charge in [-0.3, -0.25) is 0 Å². The Labute approximate surface area is 182 Å². The molecule has 2 rings (SSSR count). The average Bonchev–Trinajstić information content (AvgIpc) is 2.66. The molecular weight excluding hydrogens is 416 g/mol. The van der Waals surface area contributed by atoms with Crippen LogP contribution in [-0.2, 0) is 17.9 Å². The molecule has 0 aromatic heterocycles. The van der Waals surface area contributed by atoms with Gasteiger partial charge in [-0.1, -0.05) is 29.3 Å². The van der Waals surface area contributed by atoms with Crippen LogP contribution in [0.2, 0.25) is 10.0 Å². The molecule has 2 aromatic rings. The zero-order chi connectivity index (χ0) is 21.2. The van der Waals surface area contributed by atoms with Gasteiger partial charge in [-0.15, -0.1) is 0 Å². The molecule has 0 bridgehead atoms. The number of nitrogens with one attached hydrogen (secondary N) is 1. The first-order chi connectivity index (χ1) is 13.9. The van der Waals surface area contributed by atoms with E-state index in [1.807, 2.05) is 26.8 Å². The maximum atomic E-state index is 13.2. The molecule has 0 spiro atoms. The maximum Gasteiger partial charge on any atom is 0.163 e. The first-order valence-electron chi connectivity index (χ1n) is 9.75. The molecule has 0 fully saturated rings. The van der Waals surface area contributed by atoms with E-state index in [0.717, 1.165) is 25.1 Å². The molecular formula is C22H28Cl2FNO3. The van der Waals surface area contributed by atoms with Gasteiger partial charge >= 0.3 is 0 Å². The molecule has 160 valence electrons. The molecule has 7 heteroatoms. The second-order valence-corrected chi connectivity index (χ2v) is 7.61. The number of halogens is 3. The predicted molar refractivity (Wildman–Crippen MR) is 116 cm³/mol. The Morgan fingerprint density at radius 2 is 1.72 bits per heavy atom. The van der Waals surface area contributed by atoms with Crippen molar-refractivity contribution >= 4 is 23.2 Å². The lowest BCUT2D eigenvalue weighted by Gasteiger charge is -2.16. The van der Waals surface area contributed by atoms with Gasteiger partial charge < -0.3 is 19.5 Å². The van der Waals surface area contributed by atoms with Crippen molar-refractivity contribution in [3.63, 3.8) is 0 Å². The summed E-state index contributed by atoms with van der Waals surface area (Å²) < 4.78 is 30.3. The lowest BCUT2D eigenvalue weighted by atomic mass is 10.2. The van der Waals surface area contributed by atoms with Gasteiger partial charge in [0.15, 0.2) is 11.5 Å². The van der Waals surface area contributed by atoms with Crippen molar-refractivity contribution in [2.24, 2.45) is 0 Å². The van der Waals surface area contributed by atoms with Crippen molar-refractivity contribution in [2.45, 2.75) is 46.4 Å². The van der Waals surface area contributed by atoms with Crippen LogP contribution in [0.4, 0.5) is 4.39 Å². The Kier molecular flexibility index (Phi) is 10.0. The van der Waals surface area contributed by atoms with Crippen molar-refractivity contribution in [1.82, 2.24) is 5.32 Å². The van der Waals surface area contributed by atoms with Crippen LogP contribution in [-0.4, -0.2) is 25.9 Å². The normalized spacial score (nSPS) is 11.1. The van der Waals surface area contributed by atoms with Gasteiger partial charge in [-0.2, -0.15) is 0 Å². The van der Waals surface area contributed by atoms with Crippen molar-refractivity contribution in [2.75, 3.05) is 19.8 Å². The minimum absolute atomic E-state index is 0.183. The highest BCUT2D eigenvalue weighted by atomic mass is 35.5. The number of rotatable bonds is 12. The lowest BCUT2D eigenvalue weighted by Crippen LogP contribution is -2.17. The molecule has 0 aliphatic heterocycles. The van der Waals surface area contributed by atoms with E-state index in [1.165, 1.54) is 12.1 Å². The fourth-order valence-corrected chi connectivity index (χ4v) is 3.07. The smallest absolute Gasteiger partial charge is 0.163 e. The van der Waals surface area contributed by atoms with E-state index in [0.29, 0.717) is 40.3 Å². The van der Waals surface area contributed by atoms with Crippen molar-refractivity contribution in [3.8, 4) is 11.5 Å². The van der Waals surface area contributed by atoms with Gasteiger partial charge in [0, 0.05) is 29.8 Å². The Morgan fingerprint density at radius 1 is 1.00 bits per heavy atom. The van der Waals surface area contributed by atoms with Gasteiger partial charge in [0.1, 0.15) is 12.4 Å². The van der Waals surface area contributed by atoms with Crippen LogP contribution in [0, 0.1) is 5.82 Å². The largest absolute Gasteiger partial charge is 0.490 e. The van der Waals surface area contributed by atoms with Crippen LogP contribution in [0.15, 0.2) is 30.3 Å². The van der Waals surface area contributed by atoms with E-state index >= 15 is 0 Å². The fourth-order valence-electron chi connectivity index (χ4n) is 2.63. The SMILES string of the molecule is CCOc1cc(CNCCCOC(C)C)c(Cl)cc1OCc1ccc(F)cc1Cl. The molecule has 0 unspecified atom stereocenters. The zero-order valence-electron chi connectivity index (χ0n) is 17.1. The van der Waals surface area contributed by atoms with Crippen molar-refractivity contribution in [3.05, 3.63) is 57.3 Å². The van der Waals surface area contributed by atoms with Crippen molar-refractivity contribution < 1.29 is 18.6 Å². The third-order valence-electron chi connectivity index (χ3n) is 4.08. The Morgan fingerprint density at radius 3 is 2.41 bits per heavy atom. The minimum atomic E-state index is -0.385. The standard InChI is InChI=1S/C22H28Cl2FNO3/c1-4-27-21-10-17(13-26-8-5-9-28-15(2)3)20(24)12-22(21)29-14-16-6-7-18(25)11-19(16)23/h6-7,10-12,15,26H,4-5,8-9,13-14H2,1-3H3. The Bertz CT molecular complexity index is 787. The highest BCUT2D eigenvalue weighted by Gasteiger charge is 2.12. The first-order valence-corrected chi connectivity index (χ1v) is 10.5. The number of ether oxygens (including phenoxy) is 3. The number of hydrogen-bond acceptors (Lipinski definition) is 4. The quantitative estimate of drug-likeness (QED) is 0.407. The maximum absolute atomic E-state index is 13.2. The summed E-state index contributed by atoms with van der Waals surface area (Å²) in [5, 5.41) is 4.26. The molecule has 0 saturated carbocycles. The van der Waals surface area contributed by atoms with Crippen LogP contribution in [0.1, 0.15) is 38.3 Å². The van der Waals surface area contributed by atoms with Gasteiger partial charge in [0.05, 0.1) is 17.7 Å². The Hall–Kier alpha value is -1.53. The third-order valence-corrected chi connectivity index (χ3v) is 4.78. The molecule has 1 N–H and O–H groups in total. The summed E-state index contributed by atoms with van der Waals surface area (Å²) in [6.07, 6.45) is 1.17. The van der Waals surface area contributed by atoms with Crippen LogP contribution in [0.5, 0.6) is 11.5 Å². The summed E-state index contributed by atoms with van der Waals surface area (Å²) in [5.74, 6) is 0.742. The van der Waals surface area contributed by atoms with Gasteiger partial charge in [0.25, 0.3) is 0 Å². The van der Waals surface area contributed by atoms with E-state index in [4.69, 9.17) is 37.4 Å². The van der Waals surface area contributed by atoms with E-state index in [1.54, 1.807) is 12.1 Å². The molecule has 0 aliphatic carbocycles. The van der Waals surface area contributed by atoms with E-state index < -0.39 is 0 Å².